The molecule has 1 aromatic carbocycles. The fraction of sp³-hybridized carbons (Fsp3) is 0.462. The molecule has 0 saturated carbocycles. The number of hydrogen-bond acceptors (Lipinski definition) is 2. The summed E-state index contributed by atoms with van der Waals surface area (Å²) in [5, 5.41) is 12.2. The summed E-state index contributed by atoms with van der Waals surface area (Å²) < 4.78 is 1.12. The molecule has 0 unspecified atom stereocenters. The van der Waals surface area contributed by atoms with Gasteiger partial charge in [-0.05, 0) is 46.7 Å². The minimum atomic E-state index is -0.431. The van der Waals surface area contributed by atoms with Crippen molar-refractivity contribution in [1.82, 2.24) is 5.32 Å². The molecular formula is C13H18INO2. The zero-order valence-corrected chi connectivity index (χ0v) is 12.1. The SMILES string of the molecule is CCC[C@H](O)CNC(=O)Cc1cccc(I)c1. The van der Waals surface area contributed by atoms with E-state index in [2.05, 4.69) is 27.9 Å². The Morgan fingerprint density at radius 1 is 1.53 bits per heavy atom. The highest BCUT2D eigenvalue weighted by Gasteiger charge is 2.07. The highest BCUT2D eigenvalue weighted by atomic mass is 127. The summed E-state index contributed by atoms with van der Waals surface area (Å²) in [4.78, 5) is 11.6. The van der Waals surface area contributed by atoms with Crippen LogP contribution in [-0.2, 0) is 11.2 Å². The van der Waals surface area contributed by atoms with Crippen LogP contribution < -0.4 is 5.32 Å². The quantitative estimate of drug-likeness (QED) is 0.775. The van der Waals surface area contributed by atoms with Gasteiger partial charge in [0.05, 0.1) is 12.5 Å². The van der Waals surface area contributed by atoms with Crippen LogP contribution in [0.3, 0.4) is 0 Å². The number of halogens is 1. The smallest absolute Gasteiger partial charge is 0.224 e. The van der Waals surface area contributed by atoms with Crippen LogP contribution in [0.25, 0.3) is 0 Å². The van der Waals surface area contributed by atoms with Crippen molar-refractivity contribution in [2.75, 3.05) is 6.54 Å². The van der Waals surface area contributed by atoms with Crippen molar-refractivity contribution in [1.29, 1.82) is 0 Å². The normalized spacial score (nSPS) is 12.2. The molecule has 0 radical (unpaired) electrons. The monoisotopic (exact) mass is 347 g/mol. The van der Waals surface area contributed by atoms with Gasteiger partial charge >= 0.3 is 0 Å². The van der Waals surface area contributed by atoms with Crippen molar-refractivity contribution >= 4 is 28.5 Å². The summed E-state index contributed by atoms with van der Waals surface area (Å²) in [7, 11) is 0. The number of amides is 1. The second-order valence-corrected chi connectivity index (χ2v) is 5.30. The average Bonchev–Trinajstić information content (AvgIpc) is 2.27. The lowest BCUT2D eigenvalue weighted by molar-refractivity contribution is -0.120. The number of aliphatic hydroxyl groups excluding tert-OH is 1. The van der Waals surface area contributed by atoms with Gasteiger partial charge in [-0.15, -0.1) is 0 Å². The second kappa shape index (κ2) is 7.66. The third-order valence-electron chi connectivity index (χ3n) is 2.41. The molecule has 0 aliphatic heterocycles. The van der Waals surface area contributed by atoms with Gasteiger partial charge in [0, 0.05) is 10.1 Å². The van der Waals surface area contributed by atoms with Crippen molar-refractivity contribution < 1.29 is 9.90 Å². The average molecular weight is 347 g/mol. The van der Waals surface area contributed by atoms with Gasteiger partial charge in [0.1, 0.15) is 0 Å². The Kier molecular flexibility index (Phi) is 6.50. The Balaban J connectivity index is 2.34. The van der Waals surface area contributed by atoms with Gasteiger partial charge in [-0.2, -0.15) is 0 Å². The van der Waals surface area contributed by atoms with Gasteiger partial charge in [0.2, 0.25) is 5.91 Å². The maximum absolute atomic E-state index is 11.6. The molecule has 94 valence electrons. The number of benzene rings is 1. The summed E-state index contributed by atoms with van der Waals surface area (Å²) in [5.74, 6) is -0.0397. The number of hydrogen-bond donors (Lipinski definition) is 2. The summed E-state index contributed by atoms with van der Waals surface area (Å²) in [6, 6.07) is 7.86. The first kappa shape index (κ1) is 14.4. The Morgan fingerprint density at radius 3 is 2.94 bits per heavy atom. The van der Waals surface area contributed by atoms with Crippen LogP contribution in [0.2, 0.25) is 0 Å². The van der Waals surface area contributed by atoms with E-state index in [1.165, 1.54) is 0 Å². The van der Waals surface area contributed by atoms with E-state index in [1.807, 2.05) is 31.2 Å². The third kappa shape index (κ3) is 6.02. The number of aliphatic hydroxyl groups is 1. The van der Waals surface area contributed by atoms with E-state index in [0.717, 1.165) is 22.0 Å². The predicted octanol–water partition coefficient (Wildman–Crippen LogP) is 2.11. The maximum atomic E-state index is 11.6. The largest absolute Gasteiger partial charge is 0.391 e. The Bertz CT molecular complexity index is 368. The van der Waals surface area contributed by atoms with E-state index < -0.39 is 6.10 Å². The number of nitrogens with one attached hydrogen (secondary N) is 1. The lowest BCUT2D eigenvalue weighted by atomic mass is 10.1. The number of carbonyl (C=O) groups excluding carboxylic acids is 1. The minimum Gasteiger partial charge on any atom is -0.391 e. The Hall–Kier alpha value is -0.620. The van der Waals surface area contributed by atoms with Crippen molar-refractivity contribution in [2.24, 2.45) is 0 Å². The fourth-order valence-electron chi connectivity index (χ4n) is 1.56. The van der Waals surface area contributed by atoms with Gasteiger partial charge < -0.3 is 10.4 Å². The van der Waals surface area contributed by atoms with Crippen molar-refractivity contribution in [3.05, 3.63) is 33.4 Å². The molecule has 4 heteroatoms. The van der Waals surface area contributed by atoms with Crippen LogP contribution in [0, 0.1) is 3.57 Å². The van der Waals surface area contributed by atoms with Gasteiger partial charge in [0.25, 0.3) is 0 Å². The van der Waals surface area contributed by atoms with E-state index >= 15 is 0 Å². The van der Waals surface area contributed by atoms with Gasteiger partial charge in [-0.3, -0.25) is 4.79 Å². The Morgan fingerprint density at radius 2 is 2.29 bits per heavy atom. The van der Waals surface area contributed by atoms with Crippen molar-refractivity contribution in [3.63, 3.8) is 0 Å². The summed E-state index contributed by atoms with van der Waals surface area (Å²) in [6.07, 6.45) is 1.59. The molecule has 0 aliphatic carbocycles. The summed E-state index contributed by atoms with van der Waals surface area (Å²) in [6.45, 7) is 2.35. The molecule has 1 amide bonds. The lowest BCUT2D eigenvalue weighted by Crippen LogP contribution is -2.33. The van der Waals surface area contributed by atoms with Gasteiger partial charge in [-0.1, -0.05) is 25.5 Å². The minimum absolute atomic E-state index is 0.0397. The molecule has 0 spiro atoms. The van der Waals surface area contributed by atoms with Crippen LogP contribution in [-0.4, -0.2) is 23.7 Å². The Labute approximate surface area is 116 Å². The molecule has 17 heavy (non-hydrogen) atoms. The molecule has 1 rings (SSSR count). The van der Waals surface area contributed by atoms with Gasteiger partial charge in [-0.25, -0.2) is 0 Å². The molecular weight excluding hydrogens is 329 g/mol. The standard InChI is InChI=1S/C13H18INO2/c1-2-4-12(16)9-15-13(17)8-10-5-3-6-11(14)7-10/h3,5-7,12,16H,2,4,8-9H2,1H3,(H,15,17)/t12-/m0/s1. The predicted molar refractivity (Wildman–Crippen MR) is 76.8 cm³/mol. The van der Waals surface area contributed by atoms with Gasteiger partial charge in [0.15, 0.2) is 0 Å². The molecule has 1 atom stereocenters. The van der Waals surface area contributed by atoms with Crippen LogP contribution in [0.5, 0.6) is 0 Å². The molecule has 0 saturated heterocycles. The van der Waals surface area contributed by atoms with E-state index in [0.29, 0.717) is 13.0 Å². The highest BCUT2D eigenvalue weighted by Crippen LogP contribution is 2.08. The zero-order chi connectivity index (χ0) is 12.7. The van der Waals surface area contributed by atoms with E-state index in [4.69, 9.17) is 0 Å². The van der Waals surface area contributed by atoms with Crippen LogP contribution in [0.15, 0.2) is 24.3 Å². The molecule has 0 heterocycles. The summed E-state index contributed by atoms with van der Waals surface area (Å²) >= 11 is 2.22. The van der Waals surface area contributed by atoms with Crippen molar-refractivity contribution in [2.45, 2.75) is 32.3 Å². The molecule has 0 bridgehead atoms. The highest BCUT2D eigenvalue weighted by molar-refractivity contribution is 14.1. The molecule has 2 N–H and O–H groups in total. The van der Waals surface area contributed by atoms with Crippen LogP contribution in [0.4, 0.5) is 0 Å². The first-order chi connectivity index (χ1) is 8.11. The topological polar surface area (TPSA) is 49.3 Å². The molecule has 3 nitrogen and oxygen atoms in total. The van der Waals surface area contributed by atoms with E-state index in [-0.39, 0.29) is 5.91 Å². The van der Waals surface area contributed by atoms with E-state index in [1.54, 1.807) is 0 Å². The molecule has 1 aromatic rings. The zero-order valence-electron chi connectivity index (χ0n) is 9.95. The first-order valence-corrected chi connectivity index (χ1v) is 6.89. The lowest BCUT2D eigenvalue weighted by Gasteiger charge is -2.10. The van der Waals surface area contributed by atoms with E-state index in [9.17, 15) is 9.90 Å². The number of rotatable bonds is 6. The molecule has 0 fully saturated rings. The third-order valence-corrected chi connectivity index (χ3v) is 3.08. The maximum Gasteiger partial charge on any atom is 0.224 e. The second-order valence-electron chi connectivity index (χ2n) is 4.05. The van der Waals surface area contributed by atoms with Crippen LogP contribution in [0.1, 0.15) is 25.3 Å². The summed E-state index contributed by atoms with van der Waals surface area (Å²) in [5.41, 5.74) is 0.999. The molecule has 0 aliphatic rings. The van der Waals surface area contributed by atoms with Crippen LogP contribution >= 0.6 is 22.6 Å². The first-order valence-electron chi connectivity index (χ1n) is 5.81. The fourth-order valence-corrected chi connectivity index (χ4v) is 2.17. The molecule has 0 aromatic heterocycles. The van der Waals surface area contributed by atoms with Crippen molar-refractivity contribution in [3.8, 4) is 0 Å². The number of carbonyl (C=O) groups is 1.